The lowest BCUT2D eigenvalue weighted by Gasteiger charge is -2.18. The van der Waals surface area contributed by atoms with Crippen molar-refractivity contribution < 1.29 is 14.3 Å². The van der Waals surface area contributed by atoms with Gasteiger partial charge in [-0.1, -0.05) is 48.0 Å². The van der Waals surface area contributed by atoms with E-state index in [2.05, 4.69) is 10.6 Å². The van der Waals surface area contributed by atoms with Gasteiger partial charge in [-0.3, -0.25) is 4.79 Å². The second kappa shape index (κ2) is 9.46. The van der Waals surface area contributed by atoms with Crippen molar-refractivity contribution in [2.45, 2.75) is 25.8 Å². The van der Waals surface area contributed by atoms with Crippen LogP contribution in [0.2, 0.25) is 0 Å². The fraction of sp³-hybridized carbons (Fsp3) is 0.300. The first kappa shape index (κ1) is 19.3. The van der Waals surface area contributed by atoms with Crippen LogP contribution in [0, 0.1) is 6.92 Å². The van der Waals surface area contributed by atoms with Gasteiger partial charge >= 0.3 is 6.03 Å². The minimum Gasteiger partial charge on any atom is -0.496 e. The van der Waals surface area contributed by atoms with E-state index in [0.29, 0.717) is 19.4 Å². The van der Waals surface area contributed by atoms with Gasteiger partial charge in [0.2, 0.25) is 5.91 Å². The number of primary amides is 1. The molecule has 0 saturated heterocycles. The first-order valence-corrected chi connectivity index (χ1v) is 8.50. The van der Waals surface area contributed by atoms with E-state index in [9.17, 15) is 9.59 Å². The van der Waals surface area contributed by atoms with E-state index >= 15 is 0 Å². The van der Waals surface area contributed by atoms with Crippen LogP contribution in [0.1, 0.15) is 16.7 Å². The molecule has 0 aliphatic rings. The Morgan fingerprint density at radius 1 is 1.15 bits per heavy atom. The Bertz CT molecular complexity index is 747. The molecule has 0 aliphatic heterocycles. The maximum absolute atomic E-state index is 12.5. The van der Waals surface area contributed by atoms with E-state index in [0.717, 1.165) is 22.4 Å². The zero-order valence-corrected chi connectivity index (χ0v) is 15.1. The second-order valence-corrected chi connectivity index (χ2v) is 6.11. The number of ether oxygens (including phenoxy) is 1. The van der Waals surface area contributed by atoms with Gasteiger partial charge in [-0.15, -0.1) is 0 Å². The number of nitrogens with one attached hydrogen (secondary N) is 2. The number of aryl methyl sites for hydroxylation is 1. The van der Waals surface area contributed by atoms with Crippen LogP contribution >= 0.6 is 0 Å². The summed E-state index contributed by atoms with van der Waals surface area (Å²) in [4.78, 5) is 23.7. The molecule has 0 spiro atoms. The molecule has 0 aliphatic carbocycles. The average Bonchev–Trinajstić information content (AvgIpc) is 2.62. The summed E-state index contributed by atoms with van der Waals surface area (Å²) in [5, 5.41) is 5.37. The summed E-state index contributed by atoms with van der Waals surface area (Å²) in [6.45, 7) is 2.44. The van der Waals surface area contributed by atoms with E-state index in [4.69, 9.17) is 10.5 Å². The topological polar surface area (TPSA) is 93.4 Å². The van der Waals surface area contributed by atoms with Gasteiger partial charge in [-0.05, 0) is 30.5 Å². The van der Waals surface area contributed by atoms with Crippen molar-refractivity contribution in [2.24, 2.45) is 5.73 Å². The monoisotopic (exact) mass is 355 g/mol. The average molecular weight is 355 g/mol. The summed E-state index contributed by atoms with van der Waals surface area (Å²) >= 11 is 0. The van der Waals surface area contributed by atoms with Gasteiger partial charge in [0.15, 0.2) is 0 Å². The minimum atomic E-state index is -0.721. The highest BCUT2D eigenvalue weighted by atomic mass is 16.5. The number of benzene rings is 2. The number of rotatable bonds is 8. The lowest BCUT2D eigenvalue weighted by Crippen LogP contribution is -2.50. The van der Waals surface area contributed by atoms with E-state index in [1.807, 2.05) is 55.5 Å². The summed E-state index contributed by atoms with van der Waals surface area (Å²) in [7, 11) is 1.62. The number of carbonyl (C=O) groups is 2. The molecule has 2 aromatic rings. The lowest BCUT2D eigenvalue weighted by molar-refractivity contribution is -0.122. The zero-order valence-electron chi connectivity index (χ0n) is 15.1. The largest absolute Gasteiger partial charge is 0.496 e. The molecule has 4 N–H and O–H groups in total. The molecular weight excluding hydrogens is 330 g/mol. The van der Waals surface area contributed by atoms with Crippen LogP contribution in [-0.2, 0) is 17.6 Å². The third-order valence-corrected chi connectivity index (χ3v) is 4.05. The van der Waals surface area contributed by atoms with Crippen LogP contribution in [0.25, 0.3) is 0 Å². The molecule has 2 rings (SSSR count). The molecule has 1 unspecified atom stereocenters. The van der Waals surface area contributed by atoms with Crippen LogP contribution in [0.5, 0.6) is 5.75 Å². The quantitative estimate of drug-likeness (QED) is 0.675. The van der Waals surface area contributed by atoms with Gasteiger partial charge < -0.3 is 21.1 Å². The van der Waals surface area contributed by atoms with Crippen molar-refractivity contribution in [2.75, 3.05) is 13.7 Å². The molecule has 0 radical (unpaired) electrons. The van der Waals surface area contributed by atoms with Crippen molar-refractivity contribution >= 4 is 11.9 Å². The van der Waals surface area contributed by atoms with Gasteiger partial charge in [0, 0.05) is 13.0 Å². The molecule has 6 heteroatoms. The predicted octanol–water partition coefficient (Wildman–Crippen LogP) is 1.94. The molecule has 2 aromatic carbocycles. The normalized spacial score (nSPS) is 11.5. The summed E-state index contributed by atoms with van der Waals surface area (Å²) in [6, 6.07) is 14.0. The molecule has 26 heavy (non-hydrogen) atoms. The van der Waals surface area contributed by atoms with E-state index in [-0.39, 0.29) is 5.91 Å². The standard InChI is InChI=1S/C20H25N3O3/c1-14-8-9-18(26-2)16(12-14)10-11-22-19(24)17(23-20(21)25)13-15-6-4-3-5-7-15/h3-9,12,17H,10-11,13H2,1-2H3,(H,22,24)(H3,21,23,25). The number of nitrogens with two attached hydrogens (primary N) is 1. The Morgan fingerprint density at radius 2 is 1.88 bits per heavy atom. The zero-order chi connectivity index (χ0) is 18.9. The maximum Gasteiger partial charge on any atom is 0.312 e. The second-order valence-electron chi connectivity index (χ2n) is 6.11. The van der Waals surface area contributed by atoms with Crippen molar-refractivity contribution in [3.8, 4) is 5.75 Å². The lowest BCUT2D eigenvalue weighted by atomic mass is 10.0. The van der Waals surface area contributed by atoms with Crippen LogP contribution in [0.3, 0.4) is 0 Å². The van der Waals surface area contributed by atoms with E-state index in [1.54, 1.807) is 7.11 Å². The van der Waals surface area contributed by atoms with Crippen molar-refractivity contribution in [1.29, 1.82) is 0 Å². The molecule has 0 aromatic heterocycles. The molecule has 138 valence electrons. The fourth-order valence-corrected chi connectivity index (χ4v) is 2.78. The Hall–Kier alpha value is -3.02. The summed E-state index contributed by atoms with van der Waals surface area (Å²) in [5.74, 6) is 0.528. The summed E-state index contributed by atoms with van der Waals surface area (Å²) < 4.78 is 5.35. The molecule has 3 amide bonds. The highest BCUT2D eigenvalue weighted by Gasteiger charge is 2.20. The number of hydrogen-bond acceptors (Lipinski definition) is 3. The SMILES string of the molecule is COc1ccc(C)cc1CCNC(=O)C(Cc1ccccc1)NC(N)=O. The van der Waals surface area contributed by atoms with Gasteiger partial charge in [0.25, 0.3) is 0 Å². The summed E-state index contributed by atoms with van der Waals surface area (Å²) in [5.41, 5.74) is 8.31. The molecule has 0 bridgehead atoms. The predicted molar refractivity (Wildman–Crippen MR) is 101 cm³/mol. The molecular formula is C20H25N3O3. The Labute approximate surface area is 153 Å². The molecule has 1 atom stereocenters. The molecule has 0 saturated carbocycles. The molecule has 0 fully saturated rings. The number of urea groups is 1. The highest BCUT2D eigenvalue weighted by Crippen LogP contribution is 2.19. The summed E-state index contributed by atoms with van der Waals surface area (Å²) in [6.07, 6.45) is 1.01. The van der Waals surface area contributed by atoms with E-state index < -0.39 is 12.1 Å². The number of amides is 3. The van der Waals surface area contributed by atoms with Gasteiger partial charge in [0.1, 0.15) is 11.8 Å². The molecule has 0 heterocycles. The van der Waals surface area contributed by atoms with E-state index in [1.165, 1.54) is 0 Å². The van der Waals surface area contributed by atoms with Crippen molar-refractivity contribution in [1.82, 2.24) is 10.6 Å². The number of carbonyl (C=O) groups excluding carboxylic acids is 2. The first-order valence-electron chi connectivity index (χ1n) is 8.50. The van der Waals surface area contributed by atoms with Gasteiger partial charge in [-0.2, -0.15) is 0 Å². The van der Waals surface area contributed by atoms with Gasteiger partial charge in [0.05, 0.1) is 7.11 Å². The number of methoxy groups -OCH3 is 1. The van der Waals surface area contributed by atoms with Crippen LogP contribution in [-0.4, -0.2) is 31.6 Å². The Kier molecular flexibility index (Phi) is 7.02. The third kappa shape index (κ3) is 5.81. The fourth-order valence-electron chi connectivity index (χ4n) is 2.78. The van der Waals surface area contributed by atoms with Crippen LogP contribution < -0.4 is 21.1 Å². The van der Waals surface area contributed by atoms with Crippen LogP contribution in [0.15, 0.2) is 48.5 Å². The van der Waals surface area contributed by atoms with Crippen molar-refractivity contribution in [3.05, 3.63) is 65.2 Å². The van der Waals surface area contributed by atoms with Crippen LogP contribution in [0.4, 0.5) is 4.79 Å². The van der Waals surface area contributed by atoms with Gasteiger partial charge in [-0.25, -0.2) is 4.79 Å². The molecule has 6 nitrogen and oxygen atoms in total. The first-order chi connectivity index (χ1) is 12.5. The Balaban J connectivity index is 1.96. The maximum atomic E-state index is 12.5. The highest BCUT2D eigenvalue weighted by molar-refractivity contribution is 5.86. The third-order valence-electron chi connectivity index (χ3n) is 4.05. The smallest absolute Gasteiger partial charge is 0.312 e. The van der Waals surface area contributed by atoms with Crippen molar-refractivity contribution in [3.63, 3.8) is 0 Å². The minimum absolute atomic E-state index is 0.265. The Morgan fingerprint density at radius 3 is 2.54 bits per heavy atom. The number of hydrogen-bond donors (Lipinski definition) is 3.